The molecule has 1 saturated carbocycles. The van der Waals surface area contributed by atoms with E-state index in [4.69, 9.17) is 0 Å². The van der Waals surface area contributed by atoms with Crippen molar-refractivity contribution in [2.75, 3.05) is 0 Å². The first kappa shape index (κ1) is 10.7. The second-order valence-electron chi connectivity index (χ2n) is 5.15. The topological polar surface area (TPSA) is 0 Å². The summed E-state index contributed by atoms with van der Waals surface area (Å²) in [5, 5.41) is 0. The van der Waals surface area contributed by atoms with Crippen molar-refractivity contribution in [3.05, 3.63) is 35.4 Å². The van der Waals surface area contributed by atoms with Gasteiger partial charge in [-0.15, -0.1) is 0 Å². The third kappa shape index (κ3) is 2.62. The Kier molecular flexibility index (Phi) is 3.45. The van der Waals surface area contributed by atoms with E-state index in [-0.39, 0.29) is 0 Å². The van der Waals surface area contributed by atoms with Crippen molar-refractivity contribution in [2.24, 2.45) is 11.8 Å². The van der Waals surface area contributed by atoms with Crippen LogP contribution < -0.4 is 0 Å². The van der Waals surface area contributed by atoms with Gasteiger partial charge in [0.1, 0.15) is 0 Å². The van der Waals surface area contributed by atoms with E-state index < -0.39 is 0 Å². The summed E-state index contributed by atoms with van der Waals surface area (Å²) in [5.74, 6) is 1.86. The van der Waals surface area contributed by atoms with Crippen LogP contribution in [0, 0.1) is 18.8 Å². The Balaban J connectivity index is 2.04. The highest BCUT2D eigenvalue weighted by molar-refractivity contribution is 5.26. The molecule has 1 aliphatic rings. The van der Waals surface area contributed by atoms with Gasteiger partial charge in [0, 0.05) is 0 Å². The molecule has 2 unspecified atom stereocenters. The second kappa shape index (κ2) is 4.83. The lowest BCUT2D eigenvalue weighted by Crippen LogP contribution is -2.19. The molecule has 15 heavy (non-hydrogen) atoms. The Hall–Kier alpha value is -0.780. The quantitative estimate of drug-likeness (QED) is 0.668. The first-order valence-electron chi connectivity index (χ1n) is 6.32. The number of aryl methyl sites for hydroxylation is 1. The van der Waals surface area contributed by atoms with Gasteiger partial charge in [0.2, 0.25) is 0 Å². The summed E-state index contributed by atoms with van der Waals surface area (Å²) in [4.78, 5) is 0. The Bertz CT molecular complexity index is 314. The van der Waals surface area contributed by atoms with Crippen LogP contribution in [0.15, 0.2) is 24.3 Å². The molecule has 0 N–H and O–H groups in total. The molecular formula is C15H22. The lowest BCUT2D eigenvalue weighted by molar-refractivity contribution is 0.254. The molecule has 0 spiro atoms. The van der Waals surface area contributed by atoms with Crippen molar-refractivity contribution < 1.29 is 0 Å². The normalized spacial score (nSPS) is 26.5. The Morgan fingerprint density at radius 2 is 1.87 bits per heavy atom. The molecular weight excluding hydrogens is 180 g/mol. The van der Waals surface area contributed by atoms with Crippen LogP contribution >= 0.6 is 0 Å². The summed E-state index contributed by atoms with van der Waals surface area (Å²) in [6, 6.07) is 8.86. The van der Waals surface area contributed by atoms with E-state index in [1.165, 1.54) is 37.7 Å². The number of rotatable bonds is 2. The molecule has 0 heteroatoms. The van der Waals surface area contributed by atoms with Gasteiger partial charge in [-0.1, -0.05) is 50.5 Å². The average molecular weight is 202 g/mol. The minimum atomic E-state index is 0.929. The van der Waals surface area contributed by atoms with E-state index in [0.29, 0.717) is 0 Å². The van der Waals surface area contributed by atoms with Crippen molar-refractivity contribution in [3.8, 4) is 0 Å². The van der Waals surface area contributed by atoms with Crippen LogP contribution in [0.5, 0.6) is 0 Å². The Morgan fingerprint density at radius 3 is 2.60 bits per heavy atom. The maximum atomic E-state index is 2.43. The van der Waals surface area contributed by atoms with Crippen LogP contribution in [0.4, 0.5) is 0 Å². The molecule has 1 fully saturated rings. The molecule has 0 radical (unpaired) electrons. The first-order valence-corrected chi connectivity index (χ1v) is 6.32. The Morgan fingerprint density at radius 1 is 1.13 bits per heavy atom. The highest BCUT2D eigenvalue weighted by Gasteiger charge is 2.21. The van der Waals surface area contributed by atoms with Gasteiger partial charge in [0.15, 0.2) is 0 Å². The first-order chi connectivity index (χ1) is 7.27. The molecule has 82 valence electrons. The van der Waals surface area contributed by atoms with Crippen LogP contribution in [0.2, 0.25) is 0 Å². The summed E-state index contributed by atoms with van der Waals surface area (Å²) in [6.45, 7) is 4.67. The van der Waals surface area contributed by atoms with Gasteiger partial charge < -0.3 is 0 Å². The van der Waals surface area contributed by atoms with Gasteiger partial charge in [-0.2, -0.15) is 0 Å². The zero-order chi connectivity index (χ0) is 10.7. The van der Waals surface area contributed by atoms with Crippen LogP contribution in [-0.2, 0) is 6.42 Å². The van der Waals surface area contributed by atoms with Gasteiger partial charge in [-0.3, -0.25) is 0 Å². The lowest BCUT2D eigenvalue weighted by atomic mass is 9.77. The van der Waals surface area contributed by atoms with Crippen LogP contribution in [0.25, 0.3) is 0 Å². The number of hydrogen-bond donors (Lipinski definition) is 0. The standard InChI is InChI=1S/C15H22/c1-12-7-3-5-9-14(12)11-15-10-6-4-8-13(15)2/h3,5,7,9,13,15H,4,6,8,10-11H2,1-2H3. The van der Waals surface area contributed by atoms with Gasteiger partial charge in [0.25, 0.3) is 0 Å². The van der Waals surface area contributed by atoms with E-state index in [1.807, 2.05) is 0 Å². The predicted molar refractivity (Wildman–Crippen MR) is 66.0 cm³/mol. The van der Waals surface area contributed by atoms with Crippen molar-refractivity contribution in [1.82, 2.24) is 0 Å². The van der Waals surface area contributed by atoms with Crippen LogP contribution in [0.3, 0.4) is 0 Å². The summed E-state index contributed by atoms with van der Waals surface area (Å²) < 4.78 is 0. The van der Waals surface area contributed by atoms with Crippen molar-refractivity contribution >= 4 is 0 Å². The third-order valence-corrected chi connectivity index (χ3v) is 4.03. The van der Waals surface area contributed by atoms with E-state index in [9.17, 15) is 0 Å². The molecule has 0 bridgehead atoms. The lowest BCUT2D eigenvalue weighted by Gasteiger charge is -2.29. The van der Waals surface area contributed by atoms with E-state index in [1.54, 1.807) is 5.56 Å². The largest absolute Gasteiger partial charge is 0.0622 e. The fraction of sp³-hybridized carbons (Fsp3) is 0.600. The van der Waals surface area contributed by atoms with Crippen molar-refractivity contribution in [1.29, 1.82) is 0 Å². The fourth-order valence-corrected chi connectivity index (χ4v) is 2.82. The zero-order valence-corrected chi connectivity index (χ0v) is 10.00. The molecule has 1 aliphatic carbocycles. The molecule has 1 aromatic carbocycles. The summed E-state index contributed by atoms with van der Waals surface area (Å²) in [6.07, 6.45) is 7.08. The molecule has 1 aromatic rings. The maximum absolute atomic E-state index is 2.43. The molecule has 0 nitrogen and oxygen atoms in total. The predicted octanol–water partition coefficient (Wildman–Crippen LogP) is 4.36. The highest BCUT2D eigenvalue weighted by atomic mass is 14.3. The monoisotopic (exact) mass is 202 g/mol. The van der Waals surface area contributed by atoms with E-state index >= 15 is 0 Å². The number of benzene rings is 1. The molecule has 0 aromatic heterocycles. The smallest absolute Gasteiger partial charge is 0.0245 e. The summed E-state index contributed by atoms with van der Waals surface area (Å²) >= 11 is 0. The van der Waals surface area contributed by atoms with Crippen molar-refractivity contribution in [3.63, 3.8) is 0 Å². The zero-order valence-electron chi connectivity index (χ0n) is 10.00. The highest BCUT2D eigenvalue weighted by Crippen LogP contribution is 2.32. The molecule has 0 amide bonds. The maximum Gasteiger partial charge on any atom is -0.0245 e. The van der Waals surface area contributed by atoms with Crippen LogP contribution in [0.1, 0.15) is 43.7 Å². The minimum absolute atomic E-state index is 0.929. The fourth-order valence-electron chi connectivity index (χ4n) is 2.82. The summed E-state index contributed by atoms with van der Waals surface area (Å²) in [5.41, 5.74) is 3.03. The van der Waals surface area contributed by atoms with E-state index in [2.05, 4.69) is 38.1 Å². The van der Waals surface area contributed by atoms with Gasteiger partial charge in [-0.25, -0.2) is 0 Å². The number of hydrogen-bond acceptors (Lipinski definition) is 0. The van der Waals surface area contributed by atoms with Gasteiger partial charge in [-0.05, 0) is 42.7 Å². The molecule has 2 rings (SSSR count). The van der Waals surface area contributed by atoms with Gasteiger partial charge >= 0.3 is 0 Å². The van der Waals surface area contributed by atoms with Gasteiger partial charge in [0.05, 0.1) is 0 Å². The molecule has 2 atom stereocenters. The molecule has 0 heterocycles. The molecule has 0 aliphatic heterocycles. The minimum Gasteiger partial charge on any atom is -0.0622 e. The summed E-state index contributed by atoms with van der Waals surface area (Å²) in [7, 11) is 0. The average Bonchev–Trinajstić information content (AvgIpc) is 2.24. The SMILES string of the molecule is Cc1ccccc1CC1CCCCC1C. The Labute approximate surface area is 93.7 Å². The molecule has 0 saturated heterocycles. The third-order valence-electron chi connectivity index (χ3n) is 4.03. The van der Waals surface area contributed by atoms with Crippen molar-refractivity contribution in [2.45, 2.75) is 46.0 Å². The second-order valence-corrected chi connectivity index (χ2v) is 5.15. The van der Waals surface area contributed by atoms with Crippen LogP contribution in [-0.4, -0.2) is 0 Å². The van der Waals surface area contributed by atoms with E-state index in [0.717, 1.165) is 11.8 Å².